The first-order valence-corrected chi connectivity index (χ1v) is 12.3. The molecule has 1 aliphatic rings. The van der Waals surface area contributed by atoms with Crippen LogP contribution in [0.1, 0.15) is 61.0 Å². The molecule has 0 radical (unpaired) electrons. The molecule has 2 heterocycles. The van der Waals surface area contributed by atoms with Crippen molar-refractivity contribution in [3.8, 4) is 11.4 Å². The summed E-state index contributed by atoms with van der Waals surface area (Å²) in [5, 5.41) is 15.3. The highest BCUT2D eigenvalue weighted by Crippen LogP contribution is 2.34. The number of phenolic OH excluding ortho intramolecular Hbond substituents is 1. The first kappa shape index (κ1) is 24.8. The van der Waals surface area contributed by atoms with E-state index < -0.39 is 0 Å². The van der Waals surface area contributed by atoms with Crippen molar-refractivity contribution in [3.05, 3.63) is 80.7 Å². The van der Waals surface area contributed by atoms with Gasteiger partial charge in [0.2, 0.25) is 0 Å². The molecule has 0 aliphatic carbocycles. The molecule has 1 amide bonds. The molecule has 0 unspecified atom stereocenters. The summed E-state index contributed by atoms with van der Waals surface area (Å²) in [4.78, 5) is 30.0. The zero-order valence-electron chi connectivity index (χ0n) is 20.5. The number of aromatic hydroxyl groups is 1. The lowest BCUT2D eigenvalue weighted by Crippen LogP contribution is -2.49. The Balaban J connectivity index is 1.53. The second kappa shape index (κ2) is 10.1. The van der Waals surface area contributed by atoms with E-state index >= 15 is 0 Å². The van der Waals surface area contributed by atoms with E-state index in [1.54, 1.807) is 23.2 Å². The highest BCUT2D eigenvalue weighted by atomic mass is 35.5. The van der Waals surface area contributed by atoms with Crippen molar-refractivity contribution in [2.75, 3.05) is 31.1 Å². The summed E-state index contributed by atoms with van der Waals surface area (Å²) in [5.41, 5.74) is 2.98. The van der Waals surface area contributed by atoms with Gasteiger partial charge in [-0.05, 0) is 41.2 Å². The van der Waals surface area contributed by atoms with Crippen LogP contribution in [0, 0.1) is 0 Å². The molecular weight excluding hydrogens is 464 g/mol. The van der Waals surface area contributed by atoms with Crippen LogP contribution in [0.15, 0.2) is 53.5 Å². The van der Waals surface area contributed by atoms with Gasteiger partial charge in [0.05, 0.1) is 23.1 Å². The first-order valence-electron chi connectivity index (χ1n) is 11.9. The number of aromatic nitrogens is 2. The number of hydrogen-bond acceptors (Lipinski definition) is 5. The van der Waals surface area contributed by atoms with Gasteiger partial charge in [0, 0.05) is 26.2 Å². The van der Waals surface area contributed by atoms with Gasteiger partial charge >= 0.3 is 0 Å². The molecule has 1 aliphatic heterocycles. The Morgan fingerprint density at radius 1 is 1.00 bits per heavy atom. The fourth-order valence-corrected chi connectivity index (χ4v) is 4.58. The van der Waals surface area contributed by atoms with Crippen LogP contribution >= 0.6 is 11.6 Å². The fraction of sp³-hybridized carbons (Fsp3) is 0.370. The number of para-hydroxylation sites is 1. The first-order chi connectivity index (χ1) is 16.7. The van der Waals surface area contributed by atoms with E-state index in [9.17, 15) is 14.7 Å². The summed E-state index contributed by atoms with van der Waals surface area (Å²) in [6.45, 7) is 10.1. The minimum atomic E-state index is -0.384. The molecule has 1 saturated heterocycles. The monoisotopic (exact) mass is 494 g/mol. The molecule has 2 aromatic carbocycles. The SMILES string of the molecule is CC(C)c1cc(C(=O)N2CCN(c3cnn(-c4ccccc4)c(=O)c3Cl)CC2)c(O)c(C(C)C)c1. The van der Waals surface area contributed by atoms with Gasteiger partial charge in [0.25, 0.3) is 11.5 Å². The van der Waals surface area contributed by atoms with Crippen LogP contribution in [0.4, 0.5) is 5.69 Å². The normalized spacial score (nSPS) is 14.1. The van der Waals surface area contributed by atoms with Gasteiger partial charge in [0.1, 0.15) is 10.8 Å². The molecule has 184 valence electrons. The van der Waals surface area contributed by atoms with Crippen molar-refractivity contribution in [1.29, 1.82) is 0 Å². The molecule has 8 heteroatoms. The fourth-order valence-electron chi connectivity index (χ4n) is 4.34. The van der Waals surface area contributed by atoms with Crippen molar-refractivity contribution < 1.29 is 9.90 Å². The Kier molecular flexibility index (Phi) is 7.17. The lowest BCUT2D eigenvalue weighted by molar-refractivity contribution is 0.0743. The molecule has 7 nitrogen and oxygen atoms in total. The third kappa shape index (κ3) is 4.91. The Morgan fingerprint density at radius 3 is 2.26 bits per heavy atom. The Labute approximate surface area is 210 Å². The third-order valence-electron chi connectivity index (χ3n) is 6.49. The van der Waals surface area contributed by atoms with Gasteiger partial charge in [0.15, 0.2) is 0 Å². The predicted octanol–water partition coefficient (Wildman–Crippen LogP) is 4.80. The van der Waals surface area contributed by atoms with Gasteiger partial charge in [-0.25, -0.2) is 0 Å². The minimum Gasteiger partial charge on any atom is -0.507 e. The average Bonchev–Trinajstić information content (AvgIpc) is 2.85. The van der Waals surface area contributed by atoms with E-state index in [1.165, 1.54) is 4.68 Å². The molecular formula is C27H31ClN4O3. The number of piperazine rings is 1. The number of hydrogen-bond donors (Lipinski definition) is 1. The maximum Gasteiger partial charge on any atom is 0.292 e. The number of phenols is 1. The molecule has 35 heavy (non-hydrogen) atoms. The Hall–Kier alpha value is -3.32. The quantitative estimate of drug-likeness (QED) is 0.551. The summed E-state index contributed by atoms with van der Waals surface area (Å²) in [5.74, 6) is 0.220. The van der Waals surface area contributed by atoms with Crippen molar-refractivity contribution in [3.63, 3.8) is 0 Å². The topological polar surface area (TPSA) is 78.7 Å². The highest BCUT2D eigenvalue weighted by molar-refractivity contribution is 6.33. The van der Waals surface area contributed by atoms with Gasteiger partial charge in [-0.3, -0.25) is 9.59 Å². The molecule has 0 spiro atoms. The van der Waals surface area contributed by atoms with Gasteiger partial charge in [-0.15, -0.1) is 0 Å². The second-order valence-corrected chi connectivity index (χ2v) is 9.87. The van der Waals surface area contributed by atoms with Crippen LogP contribution < -0.4 is 10.5 Å². The lowest BCUT2D eigenvalue weighted by atomic mass is 9.91. The van der Waals surface area contributed by atoms with Crippen LogP contribution in [0.25, 0.3) is 5.69 Å². The molecule has 1 aromatic heterocycles. The van der Waals surface area contributed by atoms with E-state index in [0.29, 0.717) is 43.1 Å². The lowest BCUT2D eigenvalue weighted by Gasteiger charge is -2.36. The molecule has 4 rings (SSSR count). The van der Waals surface area contributed by atoms with Crippen molar-refractivity contribution in [2.24, 2.45) is 0 Å². The van der Waals surface area contributed by atoms with Gasteiger partial charge in [-0.2, -0.15) is 9.78 Å². The molecule has 3 aromatic rings. The van der Waals surface area contributed by atoms with E-state index in [-0.39, 0.29) is 34.1 Å². The molecule has 1 fully saturated rings. The predicted molar refractivity (Wildman–Crippen MR) is 139 cm³/mol. The number of amides is 1. The Morgan fingerprint density at radius 2 is 1.66 bits per heavy atom. The number of carbonyl (C=O) groups is 1. The number of benzene rings is 2. The largest absolute Gasteiger partial charge is 0.507 e. The van der Waals surface area contributed by atoms with Gasteiger partial charge in [-0.1, -0.05) is 63.6 Å². The molecule has 0 bridgehead atoms. The molecule has 0 atom stereocenters. The number of carbonyl (C=O) groups excluding carboxylic acids is 1. The summed E-state index contributed by atoms with van der Waals surface area (Å²) in [6.07, 6.45) is 1.60. The highest BCUT2D eigenvalue weighted by Gasteiger charge is 2.28. The maximum absolute atomic E-state index is 13.4. The van der Waals surface area contributed by atoms with Crippen LogP contribution in [0.2, 0.25) is 5.02 Å². The number of halogens is 1. The maximum atomic E-state index is 13.4. The number of nitrogens with zero attached hydrogens (tertiary/aromatic N) is 4. The van der Waals surface area contributed by atoms with Crippen LogP contribution in [-0.4, -0.2) is 51.9 Å². The zero-order valence-corrected chi connectivity index (χ0v) is 21.3. The van der Waals surface area contributed by atoms with Crippen molar-refractivity contribution >= 4 is 23.2 Å². The van der Waals surface area contributed by atoms with Crippen LogP contribution in [-0.2, 0) is 0 Å². The number of anilines is 1. The third-order valence-corrected chi connectivity index (χ3v) is 6.84. The standard InChI is InChI=1S/C27H31ClN4O3/c1-17(2)19-14-21(18(3)4)25(33)22(15-19)26(34)31-12-10-30(11-13-31)23-16-29-32(27(35)24(23)28)20-8-6-5-7-9-20/h5-9,14-18,33H,10-13H2,1-4H3. The smallest absolute Gasteiger partial charge is 0.292 e. The Bertz CT molecular complexity index is 1280. The van der Waals surface area contributed by atoms with Crippen LogP contribution in [0.5, 0.6) is 5.75 Å². The summed E-state index contributed by atoms with van der Waals surface area (Å²) in [7, 11) is 0. The molecule has 0 saturated carbocycles. The van der Waals surface area contributed by atoms with Crippen molar-refractivity contribution in [1.82, 2.24) is 14.7 Å². The molecule has 1 N–H and O–H groups in total. The zero-order chi connectivity index (χ0) is 25.3. The van der Waals surface area contributed by atoms with E-state index in [0.717, 1.165) is 11.1 Å². The average molecular weight is 495 g/mol. The minimum absolute atomic E-state index is 0.0635. The summed E-state index contributed by atoms with van der Waals surface area (Å²) < 4.78 is 1.28. The van der Waals surface area contributed by atoms with Crippen LogP contribution in [0.3, 0.4) is 0 Å². The van der Waals surface area contributed by atoms with Crippen molar-refractivity contribution in [2.45, 2.75) is 39.5 Å². The number of rotatable bonds is 5. The van der Waals surface area contributed by atoms with E-state index in [4.69, 9.17) is 11.6 Å². The van der Waals surface area contributed by atoms with E-state index in [2.05, 4.69) is 18.9 Å². The van der Waals surface area contributed by atoms with Gasteiger partial charge < -0.3 is 14.9 Å². The summed E-state index contributed by atoms with van der Waals surface area (Å²) >= 11 is 6.46. The summed E-state index contributed by atoms with van der Waals surface area (Å²) in [6, 6.07) is 12.9. The van der Waals surface area contributed by atoms with E-state index in [1.807, 2.05) is 49.1 Å². The second-order valence-electron chi connectivity index (χ2n) is 9.49.